The van der Waals surface area contributed by atoms with E-state index in [1.807, 2.05) is 37.3 Å². The highest BCUT2D eigenvalue weighted by molar-refractivity contribution is 5.52. The number of benzene rings is 1. The van der Waals surface area contributed by atoms with Crippen LogP contribution in [0, 0.1) is 45.3 Å². The molecule has 2 aliphatic carbocycles. The number of nitriles is 3. The zero-order valence-electron chi connectivity index (χ0n) is 13.1. The smallest absolute Gasteiger partial charge is 0.145 e. The van der Waals surface area contributed by atoms with Gasteiger partial charge in [0.05, 0.1) is 24.1 Å². The summed E-state index contributed by atoms with van der Waals surface area (Å²) in [5.41, 5.74) is 1.61. The van der Waals surface area contributed by atoms with E-state index in [9.17, 15) is 15.8 Å². The van der Waals surface area contributed by atoms with Gasteiger partial charge in [-0.05, 0) is 36.8 Å². The van der Waals surface area contributed by atoms with Crippen LogP contribution in [0.5, 0.6) is 0 Å². The molecule has 1 spiro atoms. The van der Waals surface area contributed by atoms with Crippen LogP contribution in [0.1, 0.15) is 36.8 Å². The van der Waals surface area contributed by atoms with E-state index in [4.69, 9.17) is 0 Å². The molecule has 0 N–H and O–H groups in total. The molecule has 1 aromatic rings. The minimum absolute atomic E-state index is 0.0267. The summed E-state index contributed by atoms with van der Waals surface area (Å²) in [5, 5.41) is 28.6. The van der Waals surface area contributed by atoms with Gasteiger partial charge in [0.1, 0.15) is 5.41 Å². The summed E-state index contributed by atoms with van der Waals surface area (Å²) in [5.74, 6) is -0.249. The number of allylic oxidation sites excluding steroid dienone is 3. The molecule has 0 amide bonds. The van der Waals surface area contributed by atoms with E-state index in [1.165, 1.54) is 0 Å². The van der Waals surface area contributed by atoms with Crippen LogP contribution in [0.3, 0.4) is 0 Å². The zero-order valence-corrected chi connectivity index (χ0v) is 13.1. The molecular weight excluding hydrogens is 282 g/mol. The van der Waals surface area contributed by atoms with Crippen molar-refractivity contribution in [2.75, 3.05) is 0 Å². The van der Waals surface area contributed by atoms with Crippen LogP contribution in [0.15, 0.2) is 48.6 Å². The van der Waals surface area contributed by atoms with Crippen molar-refractivity contribution in [3.8, 4) is 18.2 Å². The number of hydrogen-bond acceptors (Lipinski definition) is 3. The molecule has 23 heavy (non-hydrogen) atoms. The van der Waals surface area contributed by atoms with Crippen molar-refractivity contribution in [1.29, 1.82) is 15.8 Å². The van der Waals surface area contributed by atoms with Crippen molar-refractivity contribution in [3.05, 3.63) is 59.7 Å². The standard InChI is InChI=1S/C20H17N3/c1-14(2)18-9-19(12-22,13-23)11-20(18)8-7-15(10-21)16-5-3-4-6-17(16)20/h3-8,15,18H,1,9,11H2,2H3/t15?,18-,20+/m1/s1. The van der Waals surface area contributed by atoms with E-state index in [0.717, 1.165) is 16.7 Å². The summed E-state index contributed by atoms with van der Waals surface area (Å²) in [6.45, 7) is 6.08. The maximum absolute atomic E-state index is 9.60. The molecule has 0 saturated heterocycles. The maximum atomic E-state index is 9.60. The van der Waals surface area contributed by atoms with E-state index >= 15 is 0 Å². The molecule has 3 atom stereocenters. The Morgan fingerprint density at radius 1 is 1.22 bits per heavy atom. The average molecular weight is 299 g/mol. The Kier molecular flexibility index (Phi) is 3.35. The number of hydrogen-bond donors (Lipinski definition) is 0. The van der Waals surface area contributed by atoms with Crippen molar-refractivity contribution >= 4 is 0 Å². The van der Waals surface area contributed by atoms with Gasteiger partial charge in [-0.1, -0.05) is 48.6 Å². The summed E-state index contributed by atoms with van der Waals surface area (Å²) in [7, 11) is 0. The van der Waals surface area contributed by atoms with Gasteiger partial charge in [0.2, 0.25) is 0 Å². The lowest BCUT2D eigenvalue weighted by Gasteiger charge is -2.38. The lowest BCUT2D eigenvalue weighted by Crippen LogP contribution is -2.33. The third-order valence-electron chi connectivity index (χ3n) is 5.31. The molecule has 1 saturated carbocycles. The maximum Gasteiger partial charge on any atom is 0.145 e. The van der Waals surface area contributed by atoms with Gasteiger partial charge in [0.25, 0.3) is 0 Å². The first-order valence-corrected chi connectivity index (χ1v) is 7.68. The third kappa shape index (κ3) is 2.00. The summed E-state index contributed by atoms with van der Waals surface area (Å²) in [4.78, 5) is 0. The quantitative estimate of drug-likeness (QED) is 0.732. The molecule has 1 fully saturated rings. The lowest BCUT2D eigenvalue weighted by atomic mass is 9.64. The predicted molar refractivity (Wildman–Crippen MR) is 86.8 cm³/mol. The fourth-order valence-electron chi connectivity index (χ4n) is 4.26. The lowest BCUT2D eigenvalue weighted by molar-refractivity contribution is 0.428. The average Bonchev–Trinajstić information content (AvgIpc) is 2.92. The van der Waals surface area contributed by atoms with Crippen LogP contribution in [0.2, 0.25) is 0 Å². The molecule has 112 valence electrons. The van der Waals surface area contributed by atoms with Crippen LogP contribution < -0.4 is 0 Å². The van der Waals surface area contributed by atoms with Gasteiger partial charge >= 0.3 is 0 Å². The second-order valence-corrected chi connectivity index (χ2v) is 6.68. The fourth-order valence-corrected chi connectivity index (χ4v) is 4.26. The van der Waals surface area contributed by atoms with Gasteiger partial charge in [-0.2, -0.15) is 15.8 Å². The van der Waals surface area contributed by atoms with Gasteiger partial charge in [-0.3, -0.25) is 0 Å². The van der Waals surface area contributed by atoms with Gasteiger partial charge < -0.3 is 0 Å². The molecule has 0 heterocycles. The highest BCUT2D eigenvalue weighted by Gasteiger charge is 2.56. The first kappa shape index (κ1) is 15.1. The molecule has 3 rings (SSSR count). The Balaban J connectivity index is 2.25. The highest BCUT2D eigenvalue weighted by Crippen LogP contribution is 2.59. The monoisotopic (exact) mass is 299 g/mol. The van der Waals surface area contributed by atoms with E-state index in [2.05, 4.69) is 30.9 Å². The van der Waals surface area contributed by atoms with Gasteiger partial charge in [0, 0.05) is 5.41 Å². The van der Waals surface area contributed by atoms with Crippen molar-refractivity contribution in [2.45, 2.75) is 31.1 Å². The Bertz CT molecular complexity index is 814. The Morgan fingerprint density at radius 2 is 1.91 bits per heavy atom. The third-order valence-corrected chi connectivity index (χ3v) is 5.31. The van der Waals surface area contributed by atoms with Crippen molar-refractivity contribution < 1.29 is 0 Å². The van der Waals surface area contributed by atoms with Crippen LogP contribution in [-0.4, -0.2) is 0 Å². The summed E-state index contributed by atoms with van der Waals surface area (Å²) < 4.78 is 0. The Morgan fingerprint density at radius 3 is 2.52 bits per heavy atom. The molecule has 0 radical (unpaired) electrons. The van der Waals surface area contributed by atoms with Gasteiger partial charge in [-0.25, -0.2) is 0 Å². The molecule has 3 nitrogen and oxygen atoms in total. The molecule has 0 bridgehead atoms. The van der Waals surface area contributed by atoms with E-state index < -0.39 is 10.8 Å². The van der Waals surface area contributed by atoms with Crippen molar-refractivity contribution in [1.82, 2.24) is 0 Å². The molecule has 1 unspecified atom stereocenters. The van der Waals surface area contributed by atoms with Crippen molar-refractivity contribution in [2.24, 2.45) is 11.3 Å². The Labute approximate surface area is 136 Å². The second kappa shape index (κ2) is 5.12. The first-order valence-electron chi connectivity index (χ1n) is 7.68. The molecule has 0 aromatic heterocycles. The Hall–Kier alpha value is -2.83. The van der Waals surface area contributed by atoms with Crippen LogP contribution in [0.25, 0.3) is 0 Å². The van der Waals surface area contributed by atoms with Gasteiger partial charge in [0.15, 0.2) is 0 Å². The van der Waals surface area contributed by atoms with Crippen LogP contribution in [-0.2, 0) is 5.41 Å². The molecule has 1 aromatic carbocycles. The van der Waals surface area contributed by atoms with Crippen LogP contribution in [0.4, 0.5) is 0 Å². The number of rotatable bonds is 1. The largest absolute Gasteiger partial charge is 0.197 e. The topological polar surface area (TPSA) is 71.4 Å². The van der Waals surface area contributed by atoms with E-state index in [1.54, 1.807) is 0 Å². The SMILES string of the molecule is C=C(C)[C@H]1CC(C#N)(C#N)C[C@]12C=CC(C#N)c1ccccc12. The highest BCUT2D eigenvalue weighted by atomic mass is 14.6. The summed E-state index contributed by atoms with van der Waals surface area (Å²) >= 11 is 0. The fraction of sp³-hybridized carbons (Fsp3) is 0.350. The first-order chi connectivity index (χ1) is 11.0. The van der Waals surface area contributed by atoms with E-state index in [0.29, 0.717) is 12.8 Å². The van der Waals surface area contributed by atoms with E-state index in [-0.39, 0.29) is 11.8 Å². The minimum Gasteiger partial charge on any atom is -0.197 e. The molecule has 0 aliphatic heterocycles. The number of nitrogens with zero attached hydrogens (tertiary/aromatic N) is 3. The summed E-state index contributed by atoms with van der Waals surface area (Å²) in [6.07, 6.45) is 4.92. The van der Waals surface area contributed by atoms with Crippen LogP contribution >= 0.6 is 0 Å². The molecule has 3 heteroatoms. The zero-order chi connectivity index (χ0) is 16.7. The normalized spacial score (nSPS) is 30.0. The van der Waals surface area contributed by atoms with Crippen molar-refractivity contribution in [3.63, 3.8) is 0 Å². The number of fused-ring (bicyclic) bond motifs is 2. The minimum atomic E-state index is -0.999. The van der Waals surface area contributed by atoms with Gasteiger partial charge in [-0.15, -0.1) is 0 Å². The predicted octanol–water partition coefficient (Wildman–Crippen LogP) is 4.12. The second-order valence-electron chi connectivity index (χ2n) is 6.68. The molecule has 2 aliphatic rings. The summed E-state index contributed by atoms with van der Waals surface area (Å²) in [6, 6.07) is 14.7. The molecular formula is C20H17N3.